The number of unbranched alkanes of at least 4 members (excludes halogenated alkanes) is 1. The molecule has 1 aromatic rings. The molecule has 6 heteroatoms. The highest BCUT2D eigenvalue weighted by molar-refractivity contribution is 8.01. The van der Waals surface area contributed by atoms with Gasteiger partial charge in [-0.15, -0.1) is 11.8 Å². The Balaban J connectivity index is 2.29. The van der Waals surface area contributed by atoms with Gasteiger partial charge >= 0.3 is 0 Å². The lowest BCUT2D eigenvalue weighted by molar-refractivity contribution is -0.118. The van der Waals surface area contributed by atoms with Crippen molar-refractivity contribution in [2.24, 2.45) is 0 Å². The lowest BCUT2D eigenvalue weighted by atomic mass is 10.3. The second-order valence-electron chi connectivity index (χ2n) is 3.42. The molecule has 0 radical (unpaired) electrons. The van der Waals surface area contributed by atoms with E-state index in [1.807, 2.05) is 6.92 Å². The van der Waals surface area contributed by atoms with Crippen LogP contribution in [0.25, 0.3) is 0 Å². The Kier molecular flexibility index (Phi) is 5.62. The number of hydrogen-bond donors (Lipinski definition) is 2. The van der Waals surface area contributed by atoms with E-state index >= 15 is 0 Å². The van der Waals surface area contributed by atoms with Crippen LogP contribution in [0, 0.1) is 6.92 Å². The number of carbonyl (C=O) groups excluding carboxylic acids is 1. The van der Waals surface area contributed by atoms with Crippen LogP contribution in [0.4, 0.5) is 5.13 Å². The van der Waals surface area contributed by atoms with Crippen LogP contribution in [0.15, 0.2) is 4.21 Å². The molecule has 0 fully saturated rings. The van der Waals surface area contributed by atoms with Gasteiger partial charge in [0.2, 0.25) is 5.91 Å². The number of anilines is 1. The number of hydrogen-bond acceptors (Lipinski definition) is 5. The number of aromatic nitrogens is 1. The van der Waals surface area contributed by atoms with E-state index in [2.05, 4.69) is 17.2 Å². The summed E-state index contributed by atoms with van der Waals surface area (Å²) in [4.78, 5) is 15.5. The average Bonchev–Trinajstić information content (AvgIpc) is 2.55. The van der Waals surface area contributed by atoms with Crippen LogP contribution in [0.3, 0.4) is 0 Å². The molecule has 0 saturated carbocycles. The number of rotatable bonds is 6. The number of nitrogens with one attached hydrogen (secondary N) is 1. The second kappa shape index (κ2) is 6.75. The molecule has 1 heterocycles. The summed E-state index contributed by atoms with van der Waals surface area (Å²) >= 11 is 2.93. The summed E-state index contributed by atoms with van der Waals surface area (Å²) in [6, 6.07) is 0. The number of amides is 1. The van der Waals surface area contributed by atoms with E-state index in [1.54, 1.807) is 0 Å². The summed E-state index contributed by atoms with van der Waals surface area (Å²) in [6.45, 7) is 4.77. The van der Waals surface area contributed by atoms with Gasteiger partial charge in [-0.25, -0.2) is 4.98 Å². The molecular formula is C10H17N3OS2. The van der Waals surface area contributed by atoms with Crippen molar-refractivity contribution in [1.29, 1.82) is 0 Å². The molecular weight excluding hydrogens is 242 g/mol. The van der Waals surface area contributed by atoms with Crippen molar-refractivity contribution in [3.8, 4) is 0 Å². The first-order valence-electron chi connectivity index (χ1n) is 5.26. The molecule has 0 saturated heterocycles. The Morgan fingerprint density at radius 1 is 1.62 bits per heavy atom. The summed E-state index contributed by atoms with van der Waals surface area (Å²) < 4.78 is 1.03. The first-order valence-corrected chi connectivity index (χ1v) is 7.06. The van der Waals surface area contributed by atoms with Crippen LogP contribution in [0.5, 0.6) is 0 Å². The van der Waals surface area contributed by atoms with Crippen molar-refractivity contribution >= 4 is 34.1 Å². The molecule has 1 aromatic heterocycles. The molecule has 0 spiro atoms. The van der Waals surface area contributed by atoms with Crippen LogP contribution in [-0.4, -0.2) is 23.2 Å². The number of thioether (sulfide) groups is 1. The van der Waals surface area contributed by atoms with Crippen LogP contribution >= 0.6 is 23.1 Å². The molecule has 3 N–H and O–H groups in total. The number of aryl methyl sites for hydroxylation is 1. The fraction of sp³-hybridized carbons (Fsp3) is 0.600. The van der Waals surface area contributed by atoms with Gasteiger partial charge in [-0.2, -0.15) is 0 Å². The zero-order valence-electron chi connectivity index (χ0n) is 9.58. The maximum Gasteiger partial charge on any atom is 0.230 e. The molecule has 0 unspecified atom stereocenters. The molecule has 1 amide bonds. The predicted molar refractivity (Wildman–Crippen MR) is 69.9 cm³/mol. The smallest absolute Gasteiger partial charge is 0.230 e. The molecule has 0 atom stereocenters. The summed E-state index contributed by atoms with van der Waals surface area (Å²) in [5.74, 6) is 0.511. The van der Waals surface area contributed by atoms with Gasteiger partial charge in [0.1, 0.15) is 0 Å². The second-order valence-corrected chi connectivity index (χ2v) is 5.69. The molecule has 1 rings (SSSR count). The standard InChI is InChI=1S/C10H17N3OS2/c1-3-4-5-12-8(14)6-15-9-7(2)13-10(11)16-9/h3-6H2,1-2H3,(H2,11,13)(H,12,14). The van der Waals surface area contributed by atoms with E-state index < -0.39 is 0 Å². The first kappa shape index (κ1) is 13.3. The number of carbonyl (C=O) groups is 1. The lowest BCUT2D eigenvalue weighted by Gasteiger charge is -2.02. The Hall–Kier alpha value is -0.750. The van der Waals surface area contributed by atoms with Gasteiger partial charge in [0.05, 0.1) is 15.7 Å². The van der Waals surface area contributed by atoms with Gasteiger partial charge < -0.3 is 11.1 Å². The highest BCUT2D eigenvalue weighted by Crippen LogP contribution is 2.30. The molecule has 90 valence electrons. The third-order valence-electron chi connectivity index (χ3n) is 1.96. The Morgan fingerprint density at radius 2 is 2.38 bits per heavy atom. The van der Waals surface area contributed by atoms with Crippen molar-refractivity contribution in [3.63, 3.8) is 0 Å². The fourth-order valence-corrected chi connectivity index (χ4v) is 2.98. The maximum atomic E-state index is 11.4. The van der Waals surface area contributed by atoms with Crippen LogP contribution < -0.4 is 11.1 Å². The summed E-state index contributed by atoms with van der Waals surface area (Å²) in [5.41, 5.74) is 6.49. The zero-order chi connectivity index (χ0) is 12.0. The molecule has 0 aliphatic carbocycles. The normalized spacial score (nSPS) is 10.4. The van der Waals surface area contributed by atoms with E-state index in [1.165, 1.54) is 23.1 Å². The van der Waals surface area contributed by atoms with Crippen molar-refractivity contribution in [2.45, 2.75) is 30.9 Å². The molecule has 0 aromatic carbocycles. The predicted octanol–water partition coefficient (Wildman–Crippen LogP) is 2.04. The molecule has 4 nitrogen and oxygen atoms in total. The minimum atomic E-state index is 0.0739. The van der Waals surface area contributed by atoms with E-state index in [9.17, 15) is 4.79 Å². The average molecular weight is 259 g/mol. The summed E-state index contributed by atoms with van der Waals surface area (Å²) in [5, 5.41) is 3.43. The minimum absolute atomic E-state index is 0.0739. The Labute approximate surface area is 104 Å². The highest BCUT2D eigenvalue weighted by Gasteiger charge is 2.08. The lowest BCUT2D eigenvalue weighted by Crippen LogP contribution is -2.25. The third kappa shape index (κ3) is 4.40. The number of nitrogens with zero attached hydrogens (tertiary/aromatic N) is 1. The SMILES string of the molecule is CCCCNC(=O)CSc1sc(N)nc1C. The summed E-state index contributed by atoms with van der Waals surface area (Å²) in [6.07, 6.45) is 2.13. The van der Waals surface area contributed by atoms with Gasteiger partial charge in [-0.1, -0.05) is 24.7 Å². The van der Waals surface area contributed by atoms with Gasteiger partial charge in [-0.05, 0) is 13.3 Å². The van der Waals surface area contributed by atoms with Crippen LogP contribution in [-0.2, 0) is 4.79 Å². The van der Waals surface area contributed by atoms with E-state index in [4.69, 9.17) is 5.73 Å². The van der Waals surface area contributed by atoms with Crippen LogP contribution in [0.2, 0.25) is 0 Å². The Morgan fingerprint density at radius 3 is 2.94 bits per heavy atom. The molecule has 0 aliphatic heterocycles. The molecule has 16 heavy (non-hydrogen) atoms. The molecule has 0 bridgehead atoms. The molecule has 0 aliphatic rings. The zero-order valence-corrected chi connectivity index (χ0v) is 11.2. The van der Waals surface area contributed by atoms with Crippen molar-refractivity contribution in [2.75, 3.05) is 18.0 Å². The van der Waals surface area contributed by atoms with Gasteiger partial charge in [0, 0.05) is 6.54 Å². The van der Waals surface area contributed by atoms with E-state index in [-0.39, 0.29) is 5.91 Å². The van der Waals surface area contributed by atoms with E-state index in [0.29, 0.717) is 10.9 Å². The van der Waals surface area contributed by atoms with Crippen LogP contribution in [0.1, 0.15) is 25.5 Å². The monoisotopic (exact) mass is 259 g/mol. The van der Waals surface area contributed by atoms with Gasteiger partial charge in [0.15, 0.2) is 5.13 Å². The summed E-state index contributed by atoms with van der Waals surface area (Å²) in [7, 11) is 0. The van der Waals surface area contributed by atoms with E-state index in [0.717, 1.165) is 29.3 Å². The topological polar surface area (TPSA) is 68.0 Å². The minimum Gasteiger partial charge on any atom is -0.375 e. The maximum absolute atomic E-state index is 11.4. The van der Waals surface area contributed by atoms with Gasteiger partial charge in [0.25, 0.3) is 0 Å². The number of nitrogens with two attached hydrogens (primary N) is 1. The largest absolute Gasteiger partial charge is 0.375 e. The van der Waals surface area contributed by atoms with Crippen molar-refractivity contribution < 1.29 is 4.79 Å². The highest BCUT2D eigenvalue weighted by atomic mass is 32.2. The Bertz CT molecular complexity index is 352. The quantitative estimate of drug-likeness (QED) is 0.606. The van der Waals surface area contributed by atoms with Crippen molar-refractivity contribution in [1.82, 2.24) is 10.3 Å². The number of thiazole rings is 1. The van der Waals surface area contributed by atoms with Crippen molar-refractivity contribution in [3.05, 3.63) is 5.69 Å². The fourth-order valence-electron chi connectivity index (χ4n) is 1.12. The van der Waals surface area contributed by atoms with Gasteiger partial charge in [-0.3, -0.25) is 4.79 Å². The first-order chi connectivity index (χ1) is 7.63. The third-order valence-corrected chi connectivity index (χ3v) is 4.31. The number of nitrogen functional groups attached to an aromatic ring is 1.